The first-order chi connectivity index (χ1) is 9.48. The normalized spacial score (nSPS) is 21.0. The molecule has 1 nitrogen and oxygen atoms in total. The van der Waals surface area contributed by atoms with E-state index in [4.69, 9.17) is 5.73 Å². The summed E-state index contributed by atoms with van der Waals surface area (Å²) in [5, 5.41) is 0. The van der Waals surface area contributed by atoms with Gasteiger partial charge in [-0.1, -0.05) is 12.1 Å². The molecule has 1 aliphatic carbocycles. The molecule has 0 bridgehead atoms. The zero-order chi connectivity index (χ0) is 14.3. The van der Waals surface area contributed by atoms with Gasteiger partial charge in [0.25, 0.3) is 0 Å². The van der Waals surface area contributed by atoms with Crippen molar-refractivity contribution in [2.45, 2.75) is 24.8 Å². The average Bonchev–Trinajstić information content (AvgIpc) is 2.71. The molecule has 1 aliphatic rings. The Balaban J connectivity index is 1.93. The van der Waals surface area contributed by atoms with Gasteiger partial charge in [0.2, 0.25) is 0 Å². The summed E-state index contributed by atoms with van der Waals surface area (Å²) in [6.45, 7) is 0. The number of benzene rings is 2. The van der Waals surface area contributed by atoms with Crippen LogP contribution in [0, 0.1) is 17.5 Å². The molecule has 2 N–H and O–H groups in total. The highest BCUT2D eigenvalue weighted by Gasteiger charge is 2.35. The second-order valence-corrected chi connectivity index (χ2v) is 5.38. The van der Waals surface area contributed by atoms with Crippen molar-refractivity contribution in [3.8, 4) is 0 Å². The van der Waals surface area contributed by atoms with E-state index in [1.165, 1.54) is 24.3 Å². The summed E-state index contributed by atoms with van der Waals surface area (Å²) in [6.07, 6.45) is 1.78. The Hall–Kier alpha value is -1.81. The van der Waals surface area contributed by atoms with E-state index in [-0.39, 0.29) is 5.82 Å². The standard InChI is InChI=1S/C16H14F3N/c17-12-2-3-13-11(8-12)5-6-16(13,20)9-10-1-4-14(18)15(19)7-10/h1-4,7-8H,5-6,9,20H2. The van der Waals surface area contributed by atoms with Gasteiger partial charge in [-0.3, -0.25) is 0 Å². The summed E-state index contributed by atoms with van der Waals surface area (Å²) in [4.78, 5) is 0. The molecule has 2 aromatic rings. The quantitative estimate of drug-likeness (QED) is 0.894. The SMILES string of the molecule is NC1(Cc2ccc(F)c(F)c2)CCc2cc(F)ccc21. The number of aryl methyl sites for hydroxylation is 1. The third kappa shape index (κ3) is 2.20. The second kappa shape index (κ2) is 4.63. The fraction of sp³-hybridized carbons (Fsp3) is 0.250. The molecule has 3 rings (SSSR count). The number of hydrogen-bond acceptors (Lipinski definition) is 1. The molecule has 20 heavy (non-hydrogen) atoms. The molecule has 0 radical (unpaired) electrons. The number of hydrogen-bond donors (Lipinski definition) is 1. The Kier molecular flexibility index (Phi) is 3.05. The molecule has 1 unspecified atom stereocenters. The van der Waals surface area contributed by atoms with Crippen LogP contribution in [0.4, 0.5) is 13.2 Å². The molecule has 2 aromatic carbocycles. The van der Waals surface area contributed by atoms with E-state index in [1.54, 1.807) is 6.07 Å². The highest BCUT2D eigenvalue weighted by molar-refractivity contribution is 5.40. The second-order valence-electron chi connectivity index (χ2n) is 5.38. The van der Waals surface area contributed by atoms with Crippen LogP contribution in [-0.2, 0) is 18.4 Å². The monoisotopic (exact) mass is 277 g/mol. The molecule has 0 heterocycles. The summed E-state index contributed by atoms with van der Waals surface area (Å²) in [7, 11) is 0. The van der Waals surface area contributed by atoms with Crippen LogP contribution >= 0.6 is 0 Å². The number of fused-ring (bicyclic) bond motifs is 1. The van der Waals surface area contributed by atoms with Gasteiger partial charge in [-0.2, -0.15) is 0 Å². The predicted octanol–water partition coefficient (Wildman–Crippen LogP) is 3.45. The van der Waals surface area contributed by atoms with E-state index in [2.05, 4.69) is 0 Å². The van der Waals surface area contributed by atoms with Crippen LogP contribution < -0.4 is 5.73 Å². The Labute approximate surface area is 115 Å². The van der Waals surface area contributed by atoms with E-state index < -0.39 is 17.2 Å². The van der Waals surface area contributed by atoms with Crippen LogP contribution in [0.1, 0.15) is 23.1 Å². The van der Waals surface area contributed by atoms with Gasteiger partial charge in [0, 0.05) is 5.54 Å². The molecule has 1 atom stereocenters. The first-order valence-electron chi connectivity index (χ1n) is 6.50. The molecule has 0 amide bonds. The lowest BCUT2D eigenvalue weighted by molar-refractivity contribution is 0.435. The lowest BCUT2D eigenvalue weighted by atomic mass is 9.86. The van der Waals surface area contributed by atoms with E-state index in [1.807, 2.05) is 0 Å². The van der Waals surface area contributed by atoms with Crippen molar-refractivity contribution < 1.29 is 13.2 Å². The van der Waals surface area contributed by atoms with E-state index in [9.17, 15) is 13.2 Å². The van der Waals surface area contributed by atoms with Gasteiger partial charge in [-0.25, -0.2) is 13.2 Å². The minimum absolute atomic E-state index is 0.277. The van der Waals surface area contributed by atoms with Crippen LogP contribution in [0.15, 0.2) is 36.4 Å². The van der Waals surface area contributed by atoms with Crippen LogP contribution in [0.3, 0.4) is 0 Å². The fourth-order valence-corrected chi connectivity index (χ4v) is 2.94. The highest BCUT2D eigenvalue weighted by atomic mass is 19.2. The molecule has 0 aromatic heterocycles. The molecule has 0 aliphatic heterocycles. The van der Waals surface area contributed by atoms with E-state index >= 15 is 0 Å². The Bertz CT molecular complexity index is 669. The minimum atomic E-state index is -0.872. The van der Waals surface area contributed by atoms with Gasteiger partial charge < -0.3 is 5.73 Å². The Morgan fingerprint density at radius 3 is 2.55 bits per heavy atom. The van der Waals surface area contributed by atoms with Crippen LogP contribution in [0.5, 0.6) is 0 Å². The minimum Gasteiger partial charge on any atom is -0.321 e. The Morgan fingerprint density at radius 1 is 1.00 bits per heavy atom. The topological polar surface area (TPSA) is 26.0 Å². The first kappa shape index (κ1) is 13.2. The number of halogens is 3. The smallest absolute Gasteiger partial charge is 0.159 e. The summed E-state index contributed by atoms with van der Waals surface area (Å²) in [6, 6.07) is 8.39. The summed E-state index contributed by atoms with van der Waals surface area (Å²) in [5.41, 5.74) is 8.19. The lowest BCUT2D eigenvalue weighted by Gasteiger charge is -2.25. The van der Waals surface area contributed by atoms with Gasteiger partial charge >= 0.3 is 0 Å². The van der Waals surface area contributed by atoms with Crippen LogP contribution in [-0.4, -0.2) is 0 Å². The molecule has 0 saturated carbocycles. The zero-order valence-corrected chi connectivity index (χ0v) is 10.8. The van der Waals surface area contributed by atoms with Crippen molar-refractivity contribution in [2.24, 2.45) is 5.73 Å². The molecule has 4 heteroatoms. The van der Waals surface area contributed by atoms with Crippen molar-refractivity contribution in [3.05, 3.63) is 70.5 Å². The van der Waals surface area contributed by atoms with Gasteiger partial charge in [0.15, 0.2) is 11.6 Å². The highest BCUT2D eigenvalue weighted by Crippen LogP contribution is 2.37. The van der Waals surface area contributed by atoms with Crippen molar-refractivity contribution in [1.82, 2.24) is 0 Å². The van der Waals surface area contributed by atoms with Crippen LogP contribution in [0.25, 0.3) is 0 Å². The fourth-order valence-electron chi connectivity index (χ4n) is 2.94. The molecular formula is C16H14F3N. The summed E-state index contributed by atoms with van der Waals surface area (Å²) >= 11 is 0. The van der Waals surface area contributed by atoms with Gasteiger partial charge in [-0.15, -0.1) is 0 Å². The van der Waals surface area contributed by atoms with Crippen LogP contribution in [0.2, 0.25) is 0 Å². The number of nitrogens with two attached hydrogens (primary N) is 1. The van der Waals surface area contributed by atoms with Gasteiger partial charge in [-0.05, 0) is 60.2 Å². The molecular weight excluding hydrogens is 263 g/mol. The van der Waals surface area contributed by atoms with E-state index in [0.717, 1.165) is 17.2 Å². The number of rotatable bonds is 2. The van der Waals surface area contributed by atoms with Gasteiger partial charge in [0.05, 0.1) is 0 Å². The maximum Gasteiger partial charge on any atom is 0.159 e. The first-order valence-corrected chi connectivity index (χ1v) is 6.50. The largest absolute Gasteiger partial charge is 0.321 e. The lowest BCUT2D eigenvalue weighted by Crippen LogP contribution is -2.36. The molecule has 104 valence electrons. The van der Waals surface area contributed by atoms with Crippen molar-refractivity contribution >= 4 is 0 Å². The van der Waals surface area contributed by atoms with Gasteiger partial charge in [0.1, 0.15) is 5.82 Å². The molecule has 0 saturated heterocycles. The maximum absolute atomic E-state index is 13.3. The average molecular weight is 277 g/mol. The predicted molar refractivity (Wildman–Crippen MR) is 70.6 cm³/mol. The maximum atomic E-state index is 13.3. The van der Waals surface area contributed by atoms with Crippen molar-refractivity contribution in [1.29, 1.82) is 0 Å². The third-order valence-electron chi connectivity index (χ3n) is 3.95. The van der Waals surface area contributed by atoms with Crippen molar-refractivity contribution in [3.63, 3.8) is 0 Å². The van der Waals surface area contributed by atoms with E-state index in [0.29, 0.717) is 24.8 Å². The van der Waals surface area contributed by atoms with Crippen molar-refractivity contribution in [2.75, 3.05) is 0 Å². The third-order valence-corrected chi connectivity index (χ3v) is 3.95. The molecule has 0 spiro atoms. The molecule has 0 fully saturated rings. The summed E-state index contributed by atoms with van der Waals surface area (Å²) < 4.78 is 39.4. The summed E-state index contributed by atoms with van der Waals surface area (Å²) in [5.74, 6) is -2.02. The Morgan fingerprint density at radius 2 is 1.80 bits per heavy atom. The zero-order valence-electron chi connectivity index (χ0n) is 10.8.